The zero-order valence-corrected chi connectivity index (χ0v) is 25.0. The molecule has 0 bridgehead atoms. The van der Waals surface area contributed by atoms with Crippen molar-refractivity contribution in [2.24, 2.45) is 5.92 Å². The Kier molecular flexibility index (Phi) is 6.54. The maximum absolute atomic E-state index is 14.3. The van der Waals surface area contributed by atoms with Gasteiger partial charge in [-0.1, -0.05) is 66.7 Å². The van der Waals surface area contributed by atoms with Crippen LogP contribution in [0.25, 0.3) is 10.8 Å². The minimum atomic E-state index is -1.03. The van der Waals surface area contributed by atoms with Gasteiger partial charge in [-0.2, -0.15) is 0 Å². The van der Waals surface area contributed by atoms with Gasteiger partial charge in [0, 0.05) is 48.3 Å². The molecule has 8 rings (SSSR count). The van der Waals surface area contributed by atoms with E-state index >= 15 is 0 Å². The number of anilines is 3. The van der Waals surface area contributed by atoms with Crippen molar-refractivity contribution in [3.05, 3.63) is 114 Å². The number of aliphatic hydroxyl groups excluding tert-OH is 1. The van der Waals surface area contributed by atoms with E-state index in [2.05, 4.69) is 17.2 Å². The van der Waals surface area contributed by atoms with Crippen molar-refractivity contribution in [2.45, 2.75) is 51.0 Å². The van der Waals surface area contributed by atoms with Crippen molar-refractivity contribution in [1.29, 1.82) is 0 Å². The van der Waals surface area contributed by atoms with Gasteiger partial charge in [-0.15, -0.1) is 5.10 Å². The predicted octanol–water partition coefficient (Wildman–Crippen LogP) is 5.52. The third kappa shape index (κ3) is 4.29. The number of aryl methyl sites for hydroxylation is 1. The number of carbonyl (C=O) groups excluding carboxylic acids is 2. The summed E-state index contributed by atoms with van der Waals surface area (Å²) in [6.07, 6.45) is 3.70. The highest BCUT2D eigenvalue weighted by molar-refractivity contribution is 6.27. The lowest BCUT2D eigenvalue weighted by Gasteiger charge is -2.28. The molecule has 3 aliphatic heterocycles. The number of para-hydroxylation sites is 1. The van der Waals surface area contributed by atoms with Crippen molar-refractivity contribution < 1.29 is 19.4 Å². The second kappa shape index (κ2) is 10.6. The number of fused-ring (bicyclic) bond motifs is 2. The van der Waals surface area contributed by atoms with Gasteiger partial charge in [-0.05, 0) is 54.1 Å². The quantitative estimate of drug-likeness (QED) is 0.252. The van der Waals surface area contributed by atoms with Crippen LogP contribution in [-0.4, -0.2) is 44.6 Å². The van der Waals surface area contributed by atoms with E-state index in [1.165, 1.54) is 0 Å². The number of hydrogen-bond acceptors (Lipinski definition) is 6. The minimum Gasteiger partial charge on any atom is -0.396 e. The highest BCUT2D eigenvalue weighted by Crippen LogP contribution is 2.54. The van der Waals surface area contributed by atoms with Gasteiger partial charge in [0.25, 0.3) is 11.8 Å². The molecule has 0 aliphatic carbocycles. The van der Waals surface area contributed by atoms with E-state index in [-0.39, 0.29) is 30.4 Å². The van der Waals surface area contributed by atoms with Crippen molar-refractivity contribution >= 4 is 39.6 Å². The smallest absolute Gasteiger partial charge is 0.264 e. The van der Waals surface area contributed by atoms with Crippen LogP contribution in [0, 0.1) is 5.92 Å². The Labute approximate surface area is 260 Å². The number of benzene rings is 4. The standard InChI is InChI=1S/C36H33N5O4/c1-23-20-28(16-18-39-22-26(17-19-42)37-38-39)45-36(23)30-9-2-3-10-31(30)40(35(36)44)21-24-12-14-27(15-13-24)41-32-11-5-7-25-6-4-8-29(33(25)32)34(41)43/h2-15,22-23,28,42H,16-21H2,1H3/t23-,28+,36+/m0/s1. The summed E-state index contributed by atoms with van der Waals surface area (Å²) in [5.74, 6) is -0.0724. The van der Waals surface area contributed by atoms with E-state index in [0.29, 0.717) is 31.5 Å². The Hall–Kier alpha value is -4.86. The van der Waals surface area contributed by atoms with Crippen LogP contribution >= 0.6 is 0 Å². The average Bonchev–Trinajstić information content (AvgIpc) is 3.79. The number of carbonyl (C=O) groups is 2. The number of amides is 2. The first kappa shape index (κ1) is 27.7. The second-order valence-corrected chi connectivity index (χ2v) is 12.2. The fraction of sp³-hybridized carbons (Fsp3) is 0.278. The van der Waals surface area contributed by atoms with E-state index < -0.39 is 5.60 Å². The molecule has 9 heteroatoms. The third-order valence-corrected chi connectivity index (χ3v) is 9.55. The first-order valence-corrected chi connectivity index (χ1v) is 15.5. The highest BCUT2D eigenvalue weighted by atomic mass is 16.5. The molecule has 0 unspecified atom stereocenters. The van der Waals surface area contributed by atoms with Crippen LogP contribution in [0.15, 0.2) is 91.1 Å². The summed E-state index contributed by atoms with van der Waals surface area (Å²) in [6, 6.07) is 27.7. The van der Waals surface area contributed by atoms with E-state index in [9.17, 15) is 14.7 Å². The van der Waals surface area contributed by atoms with Gasteiger partial charge in [0.2, 0.25) is 0 Å². The molecule has 1 aromatic heterocycles. The lowest BCUT2D eigenvalue weighted by Crippen LogP contribution is -2.43. The molecule has 1 fully saturated rings. The number of nitrogens with zero attached hydrogens (tertiary/aromatic N) is 5. The molecule has 3 atom stereocenters. The fourth-order valence-corrected chi connectivity index (χ4v) is 7.42. The molecule has 4 aromatic carbocycles. The molecule has 226 valence electrons. The van der Waals surface area contributed by atoms with Crippen molar-refractivity contribution in [3.63, 3.8) is 0 Å². The van der Waals surface area contributed by atoms with Gasteiger partial charge in [-0.3, -0.25) is 19.2 Å². The number of aromatic nitrogens is 3. The Morgan fingerprint density at radius 3 is 2.56 bits per heavy atom. The molecule has 45 heavy (non-hydrogen) atoms. The van der Waals surface area contributed by atoms with Crippen molar-refractivity contribution in [1.82, 2.24) is 15.0 Å². The normalized spacial score (nSPS) is 21.9. The lowest BCUT2D eigenvalue weighted by atomic mass is 9.83. The molecule has 2 amide bonds. The Balaban J connectivity index is 1.02. The van der Waals surface area contributed by atoms with Crippen LogP contribution in [0.1, 0.15) is 46.9 Å². The van der Waals surface area contributed by atoms with Crippen LogP contribution < -0.4 is 9.80 Å². The molecule has 5 aromatic rings. The third-order valence-electron chi connectivity index (χ3n) is 9.55. The summed E-state index contributed by atoms with van der Waals surface area (Å²) in [5, 5.41) is 19.5. The van der Waals surface area contributed by atoms with Crippen LogP contribution in [0.3, 0.4) is 0 Å². The van der Waals surface area contributed by atoms with Gasteiger partial charge >= 0.3 is 0 Å². The lowest BCUT2D eigenvalue weighted by molar-refractivity contribution is -0.146. The zero-order chi connectivity index (χ0) is 30.7. The number of aliphatic hydroxyl groups is 1. The van der Waals surface area contributed by atoms with Gasteiger partial charge in [0.15, 0.2) is 5.60 Å². The molecule has 4 heterocycles. The molecular formula is C36H33N5O4. The predicted molar refractivity (Wildman–Crippen MR) is 170 cm³/mol. The maximum Gasteiger partial charge on any atom is 0.264 e. The first-order valence-electron chi connectivity index (χ1n) is 15.5. The second-order valence-electron chi connectivity index (χ2n) is 12.2. The molecule has 1 N–H and O–H groups in total. The van der Waals surface area contributed by atoms with Gasteiger partial charge < -0.3 is 14.7 Å². The largest absolute Gasteiger partial charge is 0.396 e. The Bertz CT molecular complexity index is 1950. The summed E-state index contributed by atoms with van der Waals surface area (Å²) in [4.78, 5) is 31.4. The topological polar surface area (TPSA) is 101 Å². The highest BCUT2D eigenvalue weighted by Gasteiger charge is 2.59. The maximum atomic E-state index is 14.3. The SMILES string of the molecule is C[C@H]1C[C@@H](CCn2cc(CCO)nn2)O[C@]12C(=O)N(Cc1ccc(N3C(=O)c4cccc5cccc3c45)cc1)c1ccccc12. The van der Waals surface area contributed by atoms with E-state index in [4.69, 9.17) is 4.74 Å². The molecule has 0 saturated carbocycles. The van der Waals surface area contributed by atoms with E-state index in [1.54, 1.807) is 9.58 Å². The number of ether oxygens (including phenoxy) is 1. The van der Waals surface area contributed by atoms with E-state index in [1.807, 2.05) is 96.0 Å². The molecule has 1 spiro atoms. The monoisotopic (exact) mass is 599 g/mol. The van der Waals surface area contributed by atoms with Crippen LogP contribution in [0.2, 0.25) is 0 Å². The van der Waals surface area contributed by atoms with E-state index in [0.717, 1.165) is 51.1 Å². The Morgan fingerprint density at radius 1 is 0.956 bits per heavy atom. The summed E-state index contributed by atoms with van der Waals surface area (Å²) < 4.78 is 8.50. The molecular weight excluding hydrogens is 566 g/mol. The van der Waals surface area contributed by atoms with Gasteiger partial charge in [0.1, 0.15) is 0 Å². The Morgan fingerprint density at radius 2 is 1.73 bits per heavy atom. The molecule has 0 radical (unpaired) electrons. The van der Waals surface area contributed by atoms with Crippen molar-refractivity contribution in [3.8, 4) is 0 Å². The molecule has 1 saturated heterocycles. The number of hydrogen-bond donors (Lipinski definition) is 1. The van der Waals surface area contributed by atoms with Crippen LogP contribution in [-0.2, 0) is 34.6 Å². The number of rotatable bonds is 8. The summed E-state index contributed by atoms with van der Waals surface area (Å²) in [6.45, 7) is 3.16. The van der Waals surface area contributed by atoms with Crippen LogP contribution in [0.4, 0.5) is 17.1 Å². The summed E-state index contributed by atoms with van der Waals surface area (Å²) in [5.41, 5.74) is 4.89. The summed E-state index contributed by atoms with van der Waals surface area (Å²) in [7, 11) is 0. The zero-order valence-electron chi connectivity index (χ0n) is 25.0. The molecule has 9 nitrogen and oxygen atoms in total. The first-order chi connectivity index (χ1) is 22.0. The van der Waals surface area contributed by atoms with Crippen LogP contribution in [0.5, 0.6) is 0 Å². The fourth-order valence-electron chi connectivity index (χ4n) is 7.42. The van der Waals surface area contributed by atoms with Gasteiger partial charge in [0.05, 0.1) is 35.3 Å². The summed E-state index contributed by atoms with van der Waals surface area (Å²) >= 11 is 0. The minimum absolute atomic E-state index is 0.00487. The molecule has 3 aliphatic rings. The van der Waals surface area contributed by atoms with Gasteiger partial charge in [-0.25, -0.2) is 0 Å². The van der Waals surface area contributed by atoms with Crippen molar-refractivity contribution in [2.75, 3.05) is 16.4 Å². The average molecular weight is 600 g/mol.